The monoisotopic (exact) mass is 478 g/mol. The van der Waals surface area contributed by atoms with Gasteiger partial charge in [0.2, 0.25) is 5.91 Å². The molecule has 1 aliphatic rings. The first kappa shape index (κ1) is 23.2. The molecule has 2 heterocycles. The Morgan fingerprint density at radius 1 is 1.22 bits per heavy atom. The Labute approximate surface area is 192 Å². The van der Waals surface area contributed by atoms with Gasteiger partial charge in [-0.15, -0.1) is 11.3 Å². The third-order valence-electron chi connectivity index (χ3n) is 4.46. The minimum atomic E-state index is -3.64. The largest absolute Gasteiger partial charge is 0.465 e. The smallest absolute Gasteiger partial charge is 0.409 e. The summed E-state index contributed by atoms with van der Waals surface area (Å²) >= 11 is 1.21. The standard InChI is InChI=1S/C13H13N3O3S2.C8H9NO2.2H2/c17-12-2-1-8-16(12)10-3-5-11(6-4-10)21(18,19)15-13-14-7-9-20-13;1-6-3-2-4-7(5-6)9-8(10)11;;/h3-7,9H,1-2,8H2,(H,14,15);2-5,9H,1H3,(H,10,11);2*1H. The maximum Gasteiger partial charge on any atom is 0.409 e. The van der Waals surface area contributed by atoms with Gasteiger partial charge in [0, 0.05) is 38.8 Å². The Morgan fingerprint density at radius 3 is 2.53 bits per heavy atom. The average molecular weight is 479 g/mol. The number of benzene rings is 2. The summed E-state index contributed by atoms with van der Waals surface area (Å²) in [6.45, 7) is 2.59. The van der Waals surface area contributed by atoms with Crippen LogP contribution in [0.2, 0.25) is 0 Å². The molecule has 0 spiro atoms. The molecule has 0 atom stereocenters. The van der Waals surface area contributed by atoms with Crippen molar-refractivity contribution < 1.29 is 26.0 Å². The second kappa shape index (κ2) is 10.2. The van der Waals surface area contributed by atoms with E-state index in [1.54, 1.807) is 40.6 Å². The number of carboxylic acid groups (broad SMARTS) is 1. The van der Waals surface area contributed by atoms with E-state index in [0.717, 1.165) is 17.7 Å². The quantitative estimate of drug-likeness (QED) is 0.490. The molecular formula is C21H26N4O5S2. The molecule has 0 saturated carbocycles. The van der Waals surface area contributed by atoms with Gasteiger partial charge in [0.1, 0.15) is 0 Å². The zero-order valence-electron chi connectivity index (χ0n) is 17.2. The van der Waals surface area contributed by atoms with Crippen molar-refractivity contribution in [1.82, 2.24) is 4.98 Å². The number of hydrogen-bond donors (Lipinski definition) is 3. The van der Waals surface area contributed by atoms with Gasteiger partial charge in [0.05, 0.1) is 4.90 Å². The Kier molecular flexibility index (Phi) is 7.44. The molecule has 1 aliphatic heterocycles. The summed E-state index contributed by atoms with van der Waals surface area (Å²) in [6.07, 6.45) is 1.89. The van der Waals surface area contributed by atoms with Crippen molar-refractivity contribution in [2.45, 2.75) is 24.7 Å². The van der Waals surface area contributed by atoms with Crippen LogP contribution >= 0.6 is 11.3 Å². The van der Waals surface area contributed by atoms with E-state index in [1.165, 1.54) is 29.7 Å². The van der Waals surface area contributed by atoms with E-state index in [-0.39, 0.29) is 13.7 Å². The van der Waals surface area contributed by atoms with Crippen molar-refractivity contribution in [2.75, 3.05) is 21.5 Å². The molecule has 4 rings (SSSR count). The lowest BCUT2D eigenvalue weighted by Gasteiger charge is -2.16. The second-order valence-corrected chi connectivity index (χ2v) is 9.46. The highest BCUT2D eigenvalue weighted by molar-refractivity contribution is 7.93. The number of anilines is 3. The lowest BCUT2D eigenvalue weighted by molar-refractivity contribution is -0.117. The number of nitrogens with zero attached hydrogens (tertiary/aromatic N) is 2. The average Bonchev–Trinajstić information content (AvgIpc) is 3.39. The van der Waals surface area contributed by atoms with Crippen LogP contribution in [0, 0.1) is 6.92 Å². The number of hydrogen-bond acceptors (Lipinski definition) is 6. The first-order valence-electron chi connectivity index (χ1n) is 9.64. The summed E-state index contributed by atoms with van der Waals surface area (Å²) in [6, 6.07) is 13.5. The summed E-state index contributed by atoms with van der Waals surface area (Å²) in [5.41, 5.74) is 2.37. The van der Waals surface area contributed by atoms with Crippen LogP contribution in [-0.4, -0.2) is 37.1 Å². The highest BCUT2D eigenvalue weighted by atomic mass is 32.2. The van der Waals surface area contributed by atoms with Crippen LogP contribution in [0.5, 0.6) is 0 Å². The van der Waals surface area contributed by atoms with Gasteiger partial charge in [-0.05, 0) is 55.3 Å². The van der Waals surface area contributed by atoms with Gasteiger partial charge in [-0.1, -0.05) is 12.1 Å². The third kappa shape index (κ3) is 6.28. The second-order valence-electron chi connectivity index (χ2n) is 6.89. The predicted molar refractivity (Wildman–Crippen MR) is 128 cm³/mol. The topological polar surface area (TPSA) is 129 Å². The molecule has 1 aromatic heterocycles. The van der Waals surface area contributed by atoms with Gasteiger partial charge in [0.15, 0.2) is 5.13 Å². The molecular weight excluding hydrogens is 452 g/mol. The summed E-state index contributed by atoms with van der Waals surface area (Å²) in [5.74, 6) is 0.0755. The normalized spacial score (nSPS) is 13.3. The van der Waals surface area contributed by atoms with Crippen LogP contribution in [0.4, 0.5) is 21.3 Å². The molecule has 9 nitrogen and oxygen atoms in total. The summed E-state index contributed by atoms with van der Waals surface area (Å²) < 4.78 is 26.8. The summed E-state index contributed by atoms with van der Waals surface area (Å²) in [7, 11) is -3.64. The van der Waals surface area contributed by atoms with E-state index >= 15 is 0 Å². The molecule has 2 amide bonds. The highest BCUT2D eigenvalue weighted by Gasteiger charge is 2.22. The van der Waals surface area contributed by atoms with Gasteiger partial charge in [0.25, 0.3) is 10.0 Å². The number of amides is 2. The number of aryl methyl sites for hydroxylation is 1. The molecule has 1 fully saturated rings. The van der Waals surface area contributed by atoms with Crippen LogP contribution in [0.25, 0.3) is 0 Å². The van der Waals surface area contributed by atoms with Crippen LogP contribution < -0.4 is 14.9 Å². The fourth-order valence-electron chi connectivity index (χ4n) is 3.02. The van der Waals surface area contributed by atoms with Gasteiger partial charge < -0.3 is 10.0 Å². The van der Waals surface area contributed by atoms with Crippen molar-refractivity contribution in [3.63, 3.8) is 0 Å². The number of thiazole rings is 1. The van der Waals surface area contributed by atoms with E-state index in [0.29, 0.717) is 23.8 Å². The fourth-order valence-corrected chi connectivity index (χ4v) is 4.81. The predicted octanol–water partition coefficient (Wildman–Crippen LogP) is 4.65. The third-order valence-corrected chi connectivity index (χ3v) is 6.63. The molecule has 3 aromatic rings. The number of rotatable bonds is 5. The van der Waals surface area contributed by atoms with Crippen molar-refractivity contribution in [3.8, 4) is 0 Å². The zero-order valence-corrected chi connectivity index (χ0v) is 18.8. The number of carbonyl (C=O) groups excluding carboxylic acids is 1. The van der Waals surface area contributed by atoms with Crippen molar-refractivity contribution in [3.05, 3.63) is 65.7 Å². The molecule has 1 saturated heterocycles. The maximum absolute atomic E-state index is 12.2. The van der Waals surface area contributed by atoms with E-state index in [2.05, 4.69) is 15.0 Å². The molecule has 0 aliphatic carbocycles. The molecule has 2 aromatic carbocycles. The number of nitrogens with one attached hydrogen (secondary N) is 2. The molecule has 0 unspecified atom stereocenters. The maximum atomic E-state index is 12.2. The Bertz CT molecular complexity index is 1190. The SMILES string of the molecule is Cc1cccc(NC(=O)O)c1.O=C1CCCN1c1ccc(S(=O)(=O)Nc2nccs2)cc1.[HH].[HH]. The fraction of sp³-hybridized carbons (Fsp3) is 0.190. The molecule has 172 valence electrons. The van der Waals surface area contributed by atoms with Gasteiger partial charge in [-0.25, -0.2) is 18.2 Å². The minimum Gasteiger partial charge on any atom is -0.465 e. The van der Waals surface area contributed by atoms with E-state index in [9.17, 15) is 18.0 Å². The van der Waals surface area contributed by atoms with Crippen molar-refractivity contribution in [1.29, 1.82) is 0 Å². The van der Waals surface area contributed by atoms with Crippen molar-refractivity contribution in [2.24, 2.45) is 0 Å². The lowest BCUT2D eigenvalue weighted by Crippen LogP contribution is -2.23. The number of aromatic nitrogens is 1. The van der Waals surface area contributed by atoms with Crippen LogP contribution in [0.1, 0.15) is 21.3 Å². The first-order chi connectivity index (χ1) is 15.2. The Morgan fingerprint density at radius 2 is 1.97 bits per heavy atom. The van der Waals surface area contributed by atoms with Crippen LogP contribution in [-0.2, 0) is 14.8 Å². The lowest BCUT2D eigenvalue weighted by atomic mass is 10.2. The number of sulfonamides is 1. The van der Waals surface area contributed by atoms with Gasteiger partial charge in [-0.2, -0.15) is 0 Å². The minimum absolute atomic E-state index is 0. The Hall–Kier alpha value is -3.44. The van der Waals surface area contributed by atoms with E-state index in [4.69, 9.17) is 5.11 Å². The molecule has 11 heteroatoms. The molecule has 0 radical (unpaired) electrons. The first-order valence-corrected chi connectivity index (χ1v) is 12.0. The highest BCUT2D eigenvalue weighted by Crippen LogP contribution is 2.24. The van der Waals surface area contributed by atoms with Crippen LogP contribution in [0.15, 0.2) is 65.0 Å². The van der Waals surface area contributed by atoms with E-state index < -0.39 is 16.1 Å². The zero-order chi connectivity index (χ0) is 23.1. The Balaban J connectivity index is 0.000000382. The summed E-state index contributed by atoms with van der Waals surface area (Å²) in [4.78, 5) is 27.5. The van der Waals surface area contributed by atoms with Gasteiger partial charge in [-0.3, -0.25) is 14.8 Å². The molecule has 3 N–H and O–H groups in total. The molecule has 32 heavy (non-hydrogen) atoms. The van der Waals surface area contributed by atoms with Gasteiger partial charge >= 0.3 is 6.09 Å². The number of carbonyl (C=O) groups is 2. The summed E-state index contributed by atoms with van der Waals surface area (Å²) in [5, 5.41) is 12.6. The van der Waals surface area contributed by atoms with E-state index in [1.807, 2.05) is 13.0 Å². The van der Waals surface area contributed by atoms with Crippen molar-refractivity contribution >= 4 is 49.9 Å². The molecule has 0 bridgehead atoms. The van der Waals surface area contributed by atoms with Crippen LogP contribution in [0.3, 0.4) is 0 Å².